The van der Waals surface area contributed by atoms with E-state index in [4.69, 9.17) is 0 Å². The Balaban J connectivity index is 1.75. The second-order valence-electron chi connectivity index (χ2n) is 4.66. The molecule has 3 aromatic rings. The van der Waals surface area contributed by atoms with Gasteiger partial charge in [0, 0.05) is 18.0 Å². The maximum atomic E-state index is 13.5. The second-order valence-corrected chi connectivity index (χ2v) is 4.66. The lowest BCUT2D eigenvalue weighted by Crippen LogP contribution is -2.13. The molecular formula is C15H12FN5O. The van der Waals surface area contributed by atoms with Crippen molar-refractivity contribution in [3.05, 3.63) is 66.3 Å². The summed E-state index contributed by atoms with van der Waals surface area (Å²) in [6.07, 6.45) is 7.85. The monoisotopic (exact) mass is 297 g/mol. The van der Waals surface area contributed by atoms with Gasteiger partial charge in [0.25, 0.3) is 5.91 Å². The molecule has 6 nitrogen and oxygen atoms in total. The molecule has 0 saturated heterocycles. The quantitative estimate of drug-likeness (QED) is 0.805. The predicted molar refractivity (Wildman–Crippen MR) is 78.2 cm³/mol. The topological polar surface area (TPSA) is 72.7 Å². The molecule has 0 atom stereocenters. The van der Waals surface area contributed by atoms with Gasteiger partial charge in [0.15, 0.2) is 0 Å². The minimum atomic E-state index is -0.419. The van der Waals surface area contributed by atoms with Gasteiger partial charge in [-0.05, 0) is 24.6 Å². The third-order valence-electron chi connectivity index (χ3n) is 3.07. The van der Waals surface area contributed by atoms with Gasteiger partial charge in [0.2, 0.25) is 5.95 Å². The van der Waals surface area contributed by atoms with Crippen LogP contribution in [-0.4, -0.2) is 25.4 Å². The summed E-state index contributed by atoms with van der Waals surface area (Å²) in [5, 5.41) is 2.62. The summed E-state index contributed by atoms with van der Waals surface area (Å²) in [5.41, 5.74) is 1.15. The molecule has 0 aliphatic carbocycles. The first-order valence-electron chi connectivity index (χ1n) is 6.51. The number of hydrogen-bond acceptors (Lipinski definition) is 4. The standard InChI is InChI=1S/C15H12FN5O/c1-10-2-3-11(6-13(10)16)14(22)20-12-7-18-15(19-8-12)21-5-4-17-9-21/h2-9H,1H3,(H,20,22). The summed E-state index contributed by atoms with van der Waals surface area (Å²) >= 11 is 0. The number of aromatic nitrogens is 4. The number of nitrogens with zero attached hydrogens (tertiary/aromatic N) is 4. The van der Waals surface area contributed by atoms with E-state index < -0.39 is 11.7 Å². The van der Waals surface area contributed by atoms with Crippen molar-refractivity contribution in [1.29, 1.82) is 0 Å². The van der Waals surface area contributed by atoms with Gasteiger partial charge in [-0.3, -0.25) is 9.36 Å². The number of halogens is 1. The number of imidazole rings is 1. The zero-order valence-electron chi connectivity index (χ0n) is 11.7. The molecule has 2 aromatic heterocycles. The van der Waals surface area contributed by atoms with Crippen LogP contribution in [0.1, 0.15) is 15.9 Å². The molecule has 0 saturated carbocycles. The highest BCUT2D eigenvalue weighted by Crippen LogP contribution is 2.12. The van der Waals surface area contributed by atoms with E-state index in [1.165, 1.54) is 18.5 Å². The Labute approximate surface area is 125 Å². The van der Waals surface area contributed by atoms with Crippen molar-refractivity contribution in [2.24, 2.45) is 0 Å². The molecule has 1 N–H and O–H groups in total. The highest BCUT2D eigenvalue weighted by Gasteiger charge is 2.09. The molecular weight excluding hydrogens is 285 g/mol. The van der Waals surface area contributed by atoms with E-state index in [9.17, 15) is 9.18 Å². The third kappa shape index (κ3) is 2.83. The number of carbonyl (C=O) groups excluding carboxylic acids is 1. The van der Waals surface area contributed by atoms with Crippen molar-refractivity contribution >= 4 is 11.6 Å². The number of rotatable bonds is 3. The van der Waals surface area contributed by atoms with Crippen LogP contribution in [0.25, 0.3) is 5.95 Å². The average Bonchev–Trinajstić information content (AvgIpc) is 3.05. The number of benzene rings is 1. The Morgan fingerprint density at radius 3 is 2.68 bits per heavy atom. The highest BCUT2D eigenvalue weighted by atomic mass is 19.1. The maximum absolute atomic E-state index is 13.5. The normalized spacial score (nSPS) is 10.5. The van der Waals surface area contributed by atoms with Gasteiger partial charge in [-0.1, -0.05) is 6.07 Å². The predicted octanol–water partition coefficient (Wildman–Crippen LogP) is 2.36. The molecule has 0 spiro atoms. The van der Waals surface area contributed by atoms with Crippen LogP contribution in [0, 0.1) is 12.7 Å². The lowest BCUT2D eigenvalue weighted by molar-refractivity contribution is 0.102. The number of hydrogen-bond donors (Lipinski definition) is 1. The molecule has 110 valence electrons. The fraction of sp³-hybridized carbons (Fsp3) is 0.0667. The van der Waals surface area contributed by atoms with Crippen molar-refractivity contribution in [3.8, 4) is 5.95 Å². The number of nitrogens with one attached hydrogen (secondary N) is 1. The summed E-state index contributed by atoms with van der Waals surface area (Å²) in [6, 6.07) is 4.32. The number of carbonyl (C=O) groups is 1. The van der Waals surface area contributed by atoms with E-state index in [1.807, 2.05) is 0 Å². The smallest absolute Gasteiger partial charge is 0.255 e. The number of amides is 1. The second kappa shape index (κ2) is 5.72. The van der Waals surface area contributed by atoms with E-state index in [0.717, 1.165) is 0 Å². The van der Waals surface area contributed by atoms with Crippen LogP contribution in [0.4, 0.5) is 10.1 Å². The first-order chi connectivity index (χ1) is 10.6. The minimum absolute atomic E-state index is 0.238. The molecule has 1 amide bonds. The molecule has 0 fully saturated rings. The van der Waals surface area contributed by atoms with Crippen molar-refractivity contribution in [3.63, 3.8) is 0 Å². The van der Waals surface area contributed by atoms with Gasteiger partial charge in [-0.15, -0.1) is 0 Å². The first-order valence-corrected chi connectivity index (χ1v) is 6.51. The maximum Gasteiger partial charge on any atom is 0.255 e. The van der Waals surface area contributed by atoms with Crippen LogP contribution in [0.5, 0.6) is 0 Å². The Bertz CT molecular complexity index is 799. The molecule has 0 bridgehead atoms. The van der Waals surface area contributed by atoms with Gasteiger partial charge in [0.1, 0.15) is 12.1 Å². The van der Waals surface area contributed by atoms with Gasteiger partial charge < -0.3 is 5.32 Å². The molecule has 2 heterocycles. The van der Waals surface area contributed by atoms with Crippen LogP contribution in [-0.2, 0) is 0 Å². The van der Waals surface area contributed by atoms with Crippen molar-refractivity contribution < 1.29 is 9.18 Å². The van der Waals surface area contributed by atoms with E-state index in [2.05, 4.69) is 20.3 Å². The summed E-state index contributed by atoms with van der Waals surface area (Å²) in [6.45, 7) is 1.64. The van der Waals surface area contributed by atoms with E-state index >= 15 is 0 Å². The summed E-state index contributed by atoms with van der Waals surface area (Å²) in [4.78, 5) is 24.2. The molecule has 0 radical (unpaired) electrons. The van der Waals surface area contributed by atoms with Crippen LogP contribution in [0.2, 0.25) is 0 Å². The van der Waals surface area contributed by atoms with Crippen molar-refractivity contribution in [1.82, 2.24) is 19.5 Å². The largest absolute Gasteiger partial charge is 0.319 e. The molecule has 1 aromatic carbocycles. The van der Waals surface area contributed by atoms with Crippen molar-refractivity contribution in [2.75, 3.05) is 5.32 Å². The Kier molecular flexibility index (Phi) is 3.61. The summed E-state index contributed by atoms with van der Waals surface area (Å²) < 4.78 is 15.1. The van der Waals surface area contributed by atoms with Crippen molar-refractivity contribution in [2.45, 2.75) is 6.92 Å². The minimum Gasteiger partial charge on any atom is -0.319 e. The molecule has 7 heteroatoms. The zero-order chi connectivity index (χ0) is 15.5. The Morgan fingerprint density at radius 1 is 1.27 bits per heavy atom. The highest BCUT2D eigenvalue weighted by molar-refractivity contribution is 6.04. The molecule has 0 unspecified atom stereocenters. The van der Waals surface area contributed by atoms with Gasteiger partial charge in [-0.25, -0.2) is 19.3 Å². The first kappa shape index (κ1) is 13.9. The fourth-order valence-electron chi connectivity index (χ4n) is 1.83. The van der Waals surface area contributed by atoms with Gasteiger partial charge >= 0.3 is 0 Å². The van der Waals surface area contributed by atoms with Gasteiger partial charge in [-0.2, -0.15) is 0 Å². The lowest BCUT2D eigenvalue weighted by Gasteiger charge is -2.06. The third-order valence-corrected chi connectivity index (χ3v) is 3.07. The van der Waals surface area contributed by atoms with Crippen LogP contribution < -0.4 is 5.32 Å². The Hall–Kier alpha value is -3.09. The fourth-order valence-corrected chi connectivity index (χ4v) is 1.83. The zero-order valence-corrected chi connectivity index (χ0v) is 11.7. The summed E-state index contributed by atoms with van der Waals surface area (Å²) in [5.74, 6) is -0.394. The van der Waals surface area contributed by atoms with Crippen LogP contribution in [0.3, 0.4) is 0 Å². The van der Waals surface area contributed by atoms with Gasteiger partial charge in [0.05, 0.1) is 18.1 Å². The number of aryl methyl sites for hydroxylation is 1. The molecule has 3 rings (SSSR count). The number of anilines is 1. The molecule has 0 aliphatic heterocycles. The molecule has 0 aliphatic rings. The molecule has 22 heavy (non-hydrogen) atoms. The van der Waals surface area contributed by atoms with E-state index in [0.29, 0.717) is 17.2 Å². The van der Waals surface area contributed by atoms with Crippen LogP contribution in [0.15, 0.2) is 49.3 Å². The van der Waals surface area contributed by atoms with E-state index in [-0.39, 0.29) is 5.56 Å². The average molecular weight is 297 g/mol. The summed E-state index contributed by atoms with van der Waals surface area (Å²) in [7, 11) is 0. The van der Waals surface area contributed by atoms with Crippen LogP contribution >= 0.6 is 0 Å². The SMILES string of the molecule is Cc1ccc(C(=O)Nc2cnc(-n3ccnc3)nc2)cc1F. The lowest BCUT2D eigenvalue weighted by atomic mass is 10.1. The Morgan fingerprint density at radius 2 is 2.05 bits per heavy atom. The van der Waals surface area contributed by atoms with E-state index in [1.54, 1.807) is 42.3 Å².